The maximum Gasteiger partial charge on any atom is 0.275 e. The van der Waals surface area contributed by atoms with Crippen molar-refractivity contribution in [3.8, 4) is 11.5 Å². The molecule has 4 rings (SSSR count). The molecule has 140 valence electrons. The SMILES string of the molecule is C[C@H](NC(=O)C[NH+](C)Cc1ccc2c(c1)OCO2)c1cc2ccccc2o1. The third-order valence-electron chi connectivity index (χ3n) is 4.65. The van der Waals surface area contributed by atoms with Crippen LogP contribution in [0.25, 0.3) is 11.0 Å². The highest BCUT2D eigenvalue weighted by atomic mass is 16.7. The summed E-state index contributed by atoms with van der Waals surface area (Å²) in [5.41, 5.74) is 1.94. The molecule has 2 heterocycles. The summed E-state index contributed by atoms with van der Waals surface area (Å²) in [5, 5.41) is 4.06. The molecule has 1 aliphatic heterocycles. The smallest absolute Gasteiger partial charge is 0.275 e. The highest BCUT2D eigenvalue weighted by molar-refractivity contribution is 5.79. The van der Waals surface area contributed by atoms with Crippen molar-refractivity contribution in [2.75, 3.05) is 20.4 Å². The van der Waals surface area contributed by atoms with Gasteiger partial charge in [-0.25, -0.2) is 0 Å². The van der Waals surface area contributed by atoms with Gasteiger partial charge >= 0.3 is 0 Å². The summed E-state index contributed by atoms with van der Waals surface area (Å²) in [4.78, 5) is 13.5. The van der Waals surface area contributed by atoms with Gasteiger partial charge in [0.1, 0.15) is 17.9 Å². The predicted molar refractivity (Wildman–Crippen MR) is 101 cm³/mol. The van der Waals surface area contributed by atoms with Crippen LogP contribution in [-0.2, 0) is 11.3 Å². The number of hydrogen-bond acceptors (Lipinski definition) is 4. The van der Waals surface area contributed by atoms with Gasteiger partial charge in [-0.05, 0) is 37.3 Å². The van der Waals surface area contributed by atoms with Crippen LogP contribution in [0.3, 0.4) is 0 Å². The van der Waals surface area contributed by atoms with E-state index >= 15 is 0 Å². The molecular formula is C21H23N2O4+. The van der Waals surface area contributed by atoms with E-state index in [4.69, 9.17) is 13.9 Å². The fraction of sp³-hybridized carbons (Fsp3) is 0.286. The molecule has 3 aromatic rings. The Hall–Kier alpha value is -2.99. The fourth-order valence-corrected chi connectivity index (χ4v) is 3.32. The predicted octanol–water partition coefficient (Wildman–Crippen LogP) is 2.05. The van der Waals surface area contributed by atoms with Gasteiger partial charge in [-0.15, -0.1) is 0 Å². The summed E-state index contributed by atoms with van der Waals surface area (Å²) in [5.74, 6) is 2.29. The van der Waals surface area contributed by atoms with E-state index in [1.165, 1.54) is 0 Å². The number of amides is 1. The number of carbonyl (C=O) groups is 1. The first kappa shape index (κ1) is 17.4. The van der Waals surface area contributed by atoms with Crippen molar-refractivity contribution in [3.63, 3.8) is 0 Å². The van der Waals surface area contributed by atoms with Crippen molar-refractivity contribution >= 4 is 16.9 Å². The van der Waals surface area contributed by atoms with Crippen LogP contribution < -0.4 is 19.7 Å². The van der Waals surface area contributed by atoms with Gasteiger partial charge < -0.3 is 24.1 Å². The van der Waals surface area contributed by atoms with Crippen LogP contribution in [0.2, 0.25) is 0 Å². The van der Waals surface area contributed by atoms with Crippen LogP contribution in [0.1, 0.15) is 24.3 Å². The second-order valence-corrected chi connectivity index (χ2v) is 6.97. The number of para-hydroxylation sites is 1. The maximum absolute atomic E-state index is 12.4. The van der Waals surface area contributed by atoms with E-state index in [1.54, 1.807) is 0 Å². The quantitative estimate of drug-likeness (QED) is 0.700. The second kappa shape index (κ2) is 7.32. The van der Waals surface area contributed by atoms with Gasteiger partial charge in [0.2, 0.25) is 6.79 Å². The molecule has 2 N–H and O–H groups in total. The van der Waals surface area contributed by atoms with Crippen molar-refractivity contribution < 1.29 is 23.6 Å². The highest BCUT2D eigenvalue weighted by Crippen LogP contribution is 2.32. The van der Waals surface area contributed by atoms with Crippen LogP contribution in [0.5, 0.6) is 11.5 Å². The van der Waals surface area contributed by atoms with Crippen LogP contribution in [0, 0.1) is 0 Å². The minimum Gasteiger partial charge on any atom is -0.459 e. The molecule has 0 saturated heterocycles. The number of likely N-dealkylation sites (N-methyl/N-ethyl adjacent to an activating group) is 1. The van der Waals surface area contributed by atoms with E-state index in [9.17, 15) is 4.79 Å². The molecule has 6 heteroatoms. The molecule has 2 atom stereocenters. The van der Waals surface area contributed by atoms with Gasteiger partial charge in [0.05, 0.1) is 13.1 Å². The van der Waals surface area contributed by atoms with Crippen molar-refractivity contribution in [1.82, 2.24) is 5.32 Å². The number of fused-ring (bicyclic) bond motifs is 2. The van der Waals surface area contributed by atoms with Gasteiger partial charge in [-0.1, -0.05) is 18.2 Å². The van der Waals surface area contributed by atoms with Crippen molar-refractivity contribution in [2.45, 2.75) is 19.5 Å². The van der Waals surface area contributed by atoms with Gasteiger partial charge in [0.15, 0.2) is 18.0 Å². The first-order valence-corrected chi connectivity index (χ1v) is 9.06. The fourth-order valence-electron chi connectivity index (χ4n) is 3.32. The van der Waals surface area contributed by atoms with Crippen molar-refractivity contribution in [3.05, 3.63) is 59.9 Å². The van der Waals surface area contributed by atoms with Crippen LogP contribution in [0.15, 0.2) is 52.9 Å². The lowest BCUT2D eigenvalue weighted by Crippen LogP contribution is -3.08. The molecule has 0 radical (unpaired) electrons. The highest BCUT2D eigenvalue weighted by Gasteiger charge is 2.18. The van der Waals surface area contributed by atoms with Gasteiger partial charge in [-0.3, -0.25) is 4.79 Å². The first-order chi connectivity index (χ1) is 13.1. The van der Waals surface area contributed by atoms with E-state index < -0.39 is 0 Å². The average Bonchev–Trinajstić information content (AvgIpc) is 3.27. The Labute approximate surface area is 157 Å². The standard InChI is InChI=1S/C21H22N2O4/c1-14(19-10-16-5-3-4-6-17(16)27-19)22-21(24)12-23(2)11-15-7-8-18-20(9-15)26-13-25-18/h3-10,14H,11-13H2,1-2H3,(H,22,24)/p+1/t14-/m0/s1. The van der Waals surface area contributed by atoms with Gasteiger partial charge in [0, 0.05) is 10.9 Å². The molecule has 1 amide bonds. The Morgan fingerprint density at radius 1 is 1.15 bits per heavy atom. The van der Waals surface area contributed by atoms with Crippen molar-refractivity contribution in [1.29, 1.82) is 0 Å². The number of hydrogen-bond donors (Lipinski definition) is 2. The molecule has 27 heavy (non-hydrogen) atoms. The summed E-state index contributed by atoms with van der Waals surface area (Å²) < 4.78 is 16.6. The van der Waals surface area contributed by atoms with E-state index in [-0.39, 0.29) is 18.7 Å². The largest absolute Gasteiger partial charge is 0.459 e. The Bertz CT molecular complexity index is 933. The number of rotatable bonds is 6. The number of benzene rings is 2. The van der Waals surface area contributed by atoms with E-state index in [0.29, 0.717) is 6.54 Å². The van der Waals surface area contributed by atoms with Crippen LogP contribution in [0.4, 0.5) is 0 Å². The monoisotopic (exact) mass is 367 g/mol. The summed E-state index contributed by atoms with van der Waals surface area (Å²) >= 11 is 0. The number of carbonyl (C=O) groups excluding carboxylic acids is 1. The summed E-state index contributed by atoms with van der Waals surface area (Å²) in [6.45, 7) is 3.30. The van der Waals surface area contributed by atoms with Crippen LogP contribution in [-0.4, -0.2) is 26.3 Å². The minimum absolute atomic E-state index is 0.0128. The molecule has 0 spiro atoms. The lowest BCUT2D eigenvalue weighted by Gasteiger charge is -2.16. The van der Waals surface area contributed by atoms with Crippen LogP contribution >= 0.6 is 0 Å². The molecule has 0 saturated carbocycles. The maximum atomic E-state index is 12.4. The Morgan fingerprint density at radius 3 is 2.81 bits per heavy atom. The normalized spacial score (nSPS) is 14.9. The molecule has 1 unspecified atom stereocenters. The van der Waals surface area contributed by atoms with Crippen molar-refractivity contribution in [2.24, 2.45) is 0 Å². The lowest BCUT2D eigenvalue weighted by molar-refractivity contribution is -0.885. The zero-order chi connectivity index (χ0) is 18.8. The van der Waals surface area contributed by atoms with E-state index in [2.05, 4.69) is 5.32 Å². The zero-order valence-corrected chi connectivity index (χ0v) is 15.5. The molecular weight excluding hydrogens is 344 g/mol. The molecule has 1 aliphatic rings. The second-order valence-electron chi connectivity index (χ2n) is 6.97. The van der Waals surface area contributed by atoms with E-state index in [1.807, 2.05) is 62.5 Å². The minimum atomic E-state index is -0.178. The average molecular weight is 367 g/mol. The number of quaternary nitrogens is 1. The molecule has 6 nitrogen and oxygen atoms in total. The Balaban J connectivity index is 1.32. The number of nitrogens with one attached hydrogen (secondary N) is 2. The summed E-state index contributed by atoms with van der Waals surface area (Å²) in [6, 6.07) is 15.5. The molecule has 2 aromatic carbocycles. The summed E-state index contributed by atoms with van der Waals surface area (Å²) in [6.07, 6.45) is 0. The molecule has 0 aliphatic carbocycles. The summed E-state index contributed by atoms with van der Waals surface area (Å²) in [7, 11) is 2.00. The third kappa shape index (κ3) is 3.90. The van der Waals surface area contributed by atoms with Gasteiger partial charge in [-0.2, -0.15) is 0 Å². The number of ether oxygens (including phenoxy) is 2. The lowest BCUT2D eigenvalue weighted by atomic mass is 10.2. The Morgan fingerprint density at radius 2 is 1.96 bits per heavy atom. The molecule has 1 aromatic heterocycles. The first-order valence-electron chi connectivity index (χ1n) is 9.06. The third-order valence-corrected chi connectivity index (χ3v) is 4.65. The topological polar surface area (TPSA) is 65.1 Å². The van der Waals surface area contributed by atoms with Gasteiger partial charge in [0.25, 0.3) is 5.91 Å². The number of furan rings is 1. The Kier molecular flexibility index (Phi) is 4.73. The molecule has 0 fully saturated rings. The van der Waals surface area contributed by atoms with E-state index in [0.717, 1.165) is 45.2 Å². The zero-order valence-electron chi connectivity index (χ0n) is 15.5. The molecule has 0 bridgehead atoms.